The minimum Gasteiger partial charge on any atom is -0.508 e. The summed E-state index contributed by atoms with van der Waals surface area (Å²) in [5.41, 5.74) is 4.40. The van der Waals surface area contributed by atoms with Crippen molar-refractivity contribution in [2.45, 2.75) is 0 Å². The van der Waals surface area contributed by atoms with Gasteiger partial charge in [0.25, 0.3) is 0 Å². The highest BCUT2D eigenvalue weighted by Gasteiger charge is 2.07. The molecule has 0 radical (unpaired) electrons. The summed E-state index contributed by atoms with van der Waals surface area (Å²) in [5, 5.41) is 30.0. The first-order chi connectivity index (χ1) is 12.7. The van der Waals surface area contributed by atoms with Gasteiger partial charge in [0, 0.05) is 23.4 Å². The van der Waals surface area contributed by atoms with Gasteiger partial charge < -0.3 is 15.5 Å². The van der Waals surface area contributed by atoms with Crippen molar-refractivity contribution in [3.8, 4) is 33.9 Å². The summed E-state index contributed by atoms with van der Waals surface area (Å²) < 4.78 is 0. The molecule has 0 saturated heterocycles. The van der Waals surface area contributed by atoms with Gasteiger partial charge in [-0.25, -0.2) is 0 Å². The van der Waals surface area contributed by atoms with E-state index in [1.165, 1.54) is 6.07 Å². The number of hydrogen-bond donors (Lipinski definition) is 4. The smallest absolute Gasteiger partial charge is 0.152 e. The lowest BCUT2D eigenvalue weighted by Crippen LogP contribution is -1.88. The number of hydrogen-bond acceptors (Lipinski definition) is 4. The molecule has 0 spiro atoms. The molecule has 1 heterocycles. The van der Waals surface area contributed by atoms with Crippen molar-refractivity contribution < 1.29 is 10.2 Å². The SMILES string of the molecule is Oc1ccc(-c2ccc(-c3cc(Nc4ccccc4)n[nH]3)cc2)c(O)c1. The van der Waals surface area contributed by atoms with E-state index in [9.17, 15) is 10.2 Å². The summed E-state index contributed by atoms with van der Waals surface area (Å²) in [6.07, 6.45) is 0. The molecule has 0 saturated carbocycles. The molecular weight excluding hydrogens is 326 g/mol. The number of aromatic nitrogens is 2. The fraction of sp³-hybridized carbons (Fsp3) is 0. The highest BCUT2D eigenvalue weighted by Crippen LogP contribution is 2.33. The number of rotatable bonds is 4. The average Bonchev–Trinajstić information content (AvgIpc) is 3.11. The summed E-state index contributed by atoms with van der Waals surface area (Å²) in [5.74, 6) is 0.832. The Morgan fingerprint density at radius 3 is 2.23 bits per heavy atom. The highest BCUT2D eigenvalue weighted by atomic mass is 16.3. The lowest BCUT2D eigenvalue weighted by atomic mass is 10.0. The Morgan fingerprint density at radius 1 is 0.769 bits per heavy atom. The molecule has 1 aromatic heterocycles. The van der Waals surface area contributed by atoms with Gasteiger partial charge in [-0.2, -0.15) is 5.10 Å². The molecule has 0 amide bonds. The quantitative estimate of drug-likeness (QED) is 0.425. The van der Waals surface area contributed by atoms with Crippen LogP contribution in [0.5, 0.6) is 11.5 Å². The standard InChI is InChI=1S/C21H17N3O2/c25-17-10-11-18(20(26)12-17)14-6-8-15(9-7-14)19-13-21(24-23-19)22-16-4-2-1-3-5-16/h1-13,25-26H,(H2,22,23,24). The molecule has 0 aliphatic heterocycles. The summed E-state index contributed by atoms with van der Waals surface area (Å²) in [6.45, 7) is 0. The van der Waals surface area contributed by atoms with Crippen LogP contribution in [0.3, 0.4) is 0 Å². The molecule has 0 unspecified atom stereocenters. The molecule has 5 nitrogen and oxygen atoms in total. The van der Waals surface area contributed by atoms with Crippen LogP contribution in [0.2, 0.25) is 0 Å². The van der Waals surface area contributed by atoms with Crippen molar-refractivity contribution >= 4 is 11.5 Å². The van der Waals surface area contributed by atoms with Gasteiger partial charge in [-0.3, -0.25) is 5.10 Å². The molecule has 128 valence electrons. The van der Waals surface area contributed by atoms with Crippen LogP contribution >= 0.6 is 0 Å². The number of nitrogens with one attached hydrogen (secondary N) is 2. The third-order valence-corrected chi connectivity index (χ3v) is 4.11. The minimum absolute atomic E-state index is 0.0405. The van der Waals surface area contributed by atoms with Gasteiger partial charge in [0.05, 0.1) is 5.69 Å². The number of aromatic hydroxyl groups is 2. The molecule has 26 heavy (non-hydrogen) atoms. The average molecular weight is 343 g/mol. The van der Waals surface area contributed by atoms with Crippen molar-refractivity contribution in [2.24, 2.45) is 0 Å². The molecule has 0 fully saturated rings. The third kappa shape index (κ3) is 3.23. The number of para-hydroxylation sites is 1. The first-order valence-electron chi connectivity index (χ1n) is 8.19. The number of benzene rings is 3. The van der Waals surface area contributed by atoms with E-state index in [-0.39, 0.29) is 11.5 Å². The number of H-pyrrole nitrogens is 1. The number of phenols is 2. The fourth-order valence-electron chi connectivity index (χ4n) is 2.80. The van der Waals surface area contributed by atoms with Crippen LogP contribution in [-0.2, 0) is 0 Å². The summed E-state index contributed by atoms with van der Waals surface area (Å²) in [7, 11) is 0. The van der Waals surface area contributed by atoms with E-state index in [0.29, 0.717) is 5.56 Å². The van der Waals surface area contributed by atoms with E-state index in [4.69, 9.17) is 0 Å². The Labute approximate surface area is 150 Å². The van der Waals surface area contributed by atoms with Gasteiger partial charge in [0.1, 0.15) is 11.5 Å². The Morgan fingerprint density at radius 2 is 1.50 bits per heavy atom. The van der Waals surface area contributed by atoms with Gasteiger partial charge in [0.2, 0.25) is 0 Å². The molecule has 3 aromatic carbocycles. The number of phenolic OH excluding ortho intramolecular Hbond substituents is 2. The zero-order valence-electron chi connectivity index (χ0n) is 13.8. The van der Waals surface area contributed by atoms with Crippen molar-refractivity contribution in [3.05, 3.63) is 78.9 Å². The number of aromatic amines is 1. The van der Waals surface area contributed by atoms with Crippen molar-refractivity contribution in [1.82, 2.24) is 10.2 Å². The normalized spacial score (nSPS) is 10.6. The van der Waals surface area contributed by atoms with Crippen LogP contribution in [0.25, 0.3) is 22.4 Å². The Kier molecular flexibility index (Phi) is 4.03. The van der Waals surface area contributed by atoms with E-state index in [1.54, 1.807) is 12.1 Å². The summed E-state index contributed by atoms with van der Waals surface area (Å²) in [4.78, 5) is 0. The monoisotopic (exact) mass is 343 g/mol. The molecule has 0 aliphatic rings. The second-order valence-corrected chi connectivity index (χ2v) is 5.94. The maximum absolute atomic E-state index is 9.99. The van der Waals surface area contributed by atoms with Crippen LogP contribution in [0.1, 0.15) is 0 Å². The Hall–Kier alpha value is -3.73. The molecule has 0 aliphatic carbocycles. The van der Waals surface area contributed by atoms with Gasteiger partial charge in [0.15, 0.2) is 5.82 Å². The zero-order valence-corrected chi connectivity index (χ0v) is 13.8. The number of nitrogens with zero attached hydrogens (tertiary/aromatic N) is 1. The molecule has 0 bridgehead atoms. The molecule has 5 heteroatoms. The van der Waals surface area contributed by atoms with Crippen LogP contribution in [0.4, 0.5) is 11.5 Å². The summed E-state index contributed by atoms with van der Waals surface area (Å²) in [6, 6.07) is 24.1. The van der Waals surface area contributed by atoms with Crippen LogP contribution in [-0.4, -0.2) is 20.4 Å². The maximum Gasteiger partial charge on any atom is 0.152 e. The zero-order chi connectivity index (χ0) is 17.9. The van der Waals surface area contributed by atoms with E-state index < -0.39 is 0 Å². The van der Waals surface area contributed by atoms with Gasteiger partial charge in [-0.15, -0.1) is 0 Å². The predicted molar refractivity (Wildman–Crippen MR) is 103 cm³/mol. The van der Waals surface area contributed by atoms with E-state index in [0.717, 1.165) is 28.3 Å². The van der Waals surface area contributed by atoms with E-state index in [1.807, 2.05) is 60.7 Å². The lowest BCUT2D eigenvalue weighted by molar-refractivity contribution is 0.452. The van der Waals surface area contributed by atoms with E-state index >= 15 is 0 Å². The van der Waals surface area contributed by atoms with Gasteiger partial charge in [-0.05, 0) is 35.4 Å². The van der Waals surface area contributed by atoms with Gasteiger partial charge >= 0.3 is 0 Å². The first kappa shape index (κ1) is 15.8. The predicted octanol–water partition coefficient (Wildman–Crippen LogP) is 4.90. The van der Waals surface area contributed by atoms with Crippen LogP contribution < -0.4 is 5.32 Å². The second kappa shape index (κ2) is 6.64. The minimum atomic E-state index is 0.0405. The molecule has 4 aromatic rings. The van der Waals surface area contributed by atoms with Gasteiger partial charge in [-0.1, -0.05) is 42.5 Å². The van der Waals surface area contributed by atoms with Crippen LogP contribution in [0.15, 0.2) is 78.9 Å². The Balaban J connectivity index is 1.56. The van der Waals surface area contributed by atoms with Crippen molar-refractivity contribution in [2.75, 3.05) is 5.32 Å². The molecule has 4 N–H and O–H groups in total. The lowest BCUT2D eigenvalue weighted by Gasteiger charge is -2.06. The summed E-state index contributed by atoms with van der Waals surface area (Å²) >= 11 is 0. The first-order valence-corrected chi connectivity index (χ1v) is 8.19. The van der Waals surface area contributed by atoms with Crippen molar-refractivity contribution in [3.63, 3.8) is 0 Å². The molecular formula is C21H17N3O2. The molecule has 4 rings (SSSR count). The van der Waals surface area contributed by atoms with Crippen molar-refractivity contribution in [1.29, 1.82) is 0 Å². The van der Waals surface area contributed by atoms with Crippen LogP contribution in [0, 0.1) is 0 Å². The molecule has 0 atom stereocenters. The third-order valence-electron chi connectivity index (χ3n) is 4.11. The fourth-order valence-corrected chi connectivity index (χ4v) is 2.80. The Bertz CT molecular complexity index is 1020. The number of anilines is 2. The maximum atomic E-state index is 9.99. The van der Waals surface area contributed by atoms with E-state index in [2.05, 4.69) is 15.5 Å². The second-order valence-electron chi connectivity index (χ2n) is 5.94. The topological polar surface area (TPSA) is 81.2 Å². The largest absolute Gasteiger partial charge is 0.508 e. The highest BCUT2D eigenvalue weighted by molar-refractivity contribution is 5.74.